The smallest absolute Gasteiger partial charge is 0.0791 e. The maximum absolute atomic E-state index is 10.2. The van der Waals surface area contributed by atoms with Gasteiger partial charge in [0, 0.05) is 26.4 Å². The first kappa shape index (κ1) is 13.4. The van der Waals surface area contributed by atoms with Crippen LogP contribution in [0.3, 0.4) is 0 Å². The summed E-state index contributed by atoms with van der Waals surface area (Å²) in [7, 11) is 4.02. The van der Waals surface area contributed by atoms with E-state index in [9.17, 15) is 5.11 Å². The molecule has 3 nitrogen and oxygen atoms in total. The molecule has 0 bridgehead atoms. The predicted octanol–water partition coefficient (Wildman–Crippen LogP) is 2.75. The van der Waals surface area contributed by atoms with E-state index in [2.05, 4.69) is 17.0 Å². The number of ether oxygens (including phenoxy) is 1. The van der Waals surface area contributed by atoms with Crippen LogP contribution in [0.2, 0.25) is 0 Å². The van der Waals surface area contributed by atoms with Gasteiger partial charge in [-0.1, -0.05) is 12.1 Å². The quantitative estimate of drug-likeness (QED) is 0.871. The topological polar surface area (TPSA) is 32.7 Å². The SMILES string of the molecule is CN(C)c1cccc(C(O)CCC2CCCO2)c1. The first-order valence-electron chi connectivity index (χ1n) is 6.74. The lowest BCUT2D eigenvalue weighted by Gasteiger charge is -2.17. The largest absolute Gasteiger partial charge is 0.388 e. The van der Waals surface area contributed by atoms with Gasteiger partial charge in [0.15, 0.2) is 0 Å². The minimum absolute atomic E-state index is 0.358. The van der Waals surface area contributed by atoms with Gasteiger partial charge in [0.25, 0.3) is 0 Å². The number of nitrogens with zero attached hydrogens (tertiary/aromatic N) is 1. The third-order valence-corrected chi connectivity index (χ3v) is 3.56. The number of aliphatic hydroxyl groups excluding tert-OH is 1. The number of anilines is 1. The molecule has 1 aliphatic rings. The summed E-state index contributed by atoms with van der Waals surface area (Å²) in [5.74, 6) is 0. The van der Waals surface area contributed by atoms with E-state index in [1.165, 1.54) is 0 Å². The fourth-order valence-corrected chi connectivity index (χ4v) is 2.39. The Morgan fingerprint density at radius 2 is 2.28 bits per heavy atom. The van der Waals surface area contributed by atoms with Crippen molar-refractivity contribution in [2.75, 3.05) is 25.6 Å². The minimum atomic E-state index is -0.380. The van der Waals surface area contributed by atoms with Crippen LogP contribution in [0.15, 0.2) is 24.3 Å². The minimum Gasteiger partial charge on any atom is -0.388 e. The highest BCUT2D eigenvalue weighted by Gasteiger charge is 2.17. The molecule has 0 saturated carbocycles. The molecule has 1 fully saturated rings. The maximum atomic E-state index is 10.2. The van der Waals surface area contributed by atoms with Crippen LogP contribution >= 0.6 is 0 Å². The molecule has 1 aliphatic heterocycles. The van der Waals surface area contributed by atoms with E-state index in [1.54, 1.807) is 0 Å². The van der Waals surface area contributed by atoms with Crippen molar-refractivity contribution in [2.24, 2.45) is 0 Å². The number of benzene rings is 1. The Kier molecular flexibility index (Phi) is 4.61. The van der Waals surface area contributed by atoms with Crippen molar-refractivity contribution in [1.29, 1.82) is 0 Å². The molecule has 1 aromatic rings. The zero-order valence-electron chi connectivity index (χ0n) is 11.3. The fourth-order valence-electron chi connectivity index (χ4n) is 2.39. The van der Waals surface area contributed by atoms with Crippen LogP contribution in [0.25, 0.3) is 0 Å². The molecule has 3 heteroatoms. The van der Waals surface area contributed by atoms with E-state index >= 15 is 0 Å². The van der Waals surface area contributed by atoms with Gasteiger partial charge in [-0.05, 0) is 43.4 Å². The molecule has 0 aromatic heterocycles. The molecule has 0 aliphatic carbocycles. The van der Waals surface area contributed by atoms with E-state index in [0.29, 0.717) is 6.10 Å². The lowest BCUT2D eigenvalue weighted by molar-refractivity contribution is 0.0812. The standard InChI is InChI=1S/C15H23NO2/c1-16(2)13-6-3-5-12(11-13)15(17)9-8-14-7-4-10-18-14/h3,5-6,11,14-15,17H,4,7-10H2,1-2H3. The van der Waals surface area contributed by atoms with Gasteiger partial charge >= 0.3 is 0 Å². The van der Waals surface area contributed by atoms with Crippen molar-refractivity contribution in [3.63, 3.8) is 0 Å². The third-order valence-electron chi connectivity index (χ3n) is 3.56. The number of hydrogen-bond donors (Lipinski definition) is 1. The van der Waals surface area contributed by atoms with E-state index in [-0.39, 0.29) is 6.10 Å². The summed E-state index contributed by atoms with van der Waals surface area (Å²) >= 11 is 0. The fraction of sp³-hybridized carbons (Fsp3) is 0.600. The summed E-state index contributed by atoms with van der Waals surface area (Å²) in [6.07, 6.45) is 4.02. The van der Waals surface area contributed by atoms with Crippen LogP contribution in [-0.4, -0.2) is 31.9 Å². The summed E-state index contributed by atoms with van der Waals surface area (Å²) in [6, 6.07) is 8.10. The first-order valence-corrected chi connectivity index (χ1v) is 6.74. The molecule has 1 saturated heterocycles. The Morgan fingerprint density at radius 1 is 1.44 bits per heavy atom. The summed E-state index contributed by atoms with van der Waals surface area (Å²) in [5.41, 5.74) is 2.13. The Hall–Kier alpha value is -1.06. The van der Waals surface area contributed by atoms with Gasteiger partial charge < -0.3 is 14.7 Å². The average Bonchev–Trinajstić information content (AvgIpc) is 2.89. The molecule has 0 spiro atoms. The van der Waals surface area contributed by atoms with E-state index in [0.717, 1.165) is 43.5 Å². The molecule has 0 amide bonds. The monoisotopic (exact) mass is 249 g/mol. The van der Waals surface area contributed by atoms with Crippen molar-refractivity contribution < 1.29 is 9.84 Å². The van der Waals surface area contributed by atoms with Gasteiger partial charge in [0.05, 0.1) is 12.2 Å². The summed E-state index contributed by atoms with van der Waals surface area (Å²) in [6.45, 7) is 0.886. The van der Waals surface area contributed by atoms with E-state index in [4.69, 9.17) is 4.74 Å². The highest BCUT2D eigenvalue weighted by atomic mass is 16.5. The van der Waals surface area contributed by atoms with Crippen molar-refractivity contribution in [3.05, 3.63) is 29.8 Å². The molecular weight excluding hydrogens is 226 g/mol. The molecule has 1 heterocycles. The Balaban J connectivity index is 1.91. The molecule has 2 unspecified atom stereocenters. The first-order chi connectivity index (χ1) is 8.66. The molecule has 0 radical (unpaired) electrons. The van der Waals surface area contributed by atoms with Crippen molar-refractivity contribution >= 4 is 5.69 Å². The van der Waals surface area contributed by atoms with Crippen LogP contribution in [0.1, 0.15) is 37.4 Å². The van der Waals surface area contributed by atoms with Crippen molar-refractivity contribution in [3.8, 4) is 0 Å². The van der Waals surface area contributed by atoms with E-state index < -0.39 is 0 Å². The van der Waals surface area contributed by atoms with Crippen LogP contribution in [0.4, 0.5) is 5.69 Å². The zero-order chi connectivity index (χ0) is 13.0. The molecule has 2 atom stereocenters. The van der Waals surface area contributed by atoms with Gasteiger partial charge in [-0.2, -0.15) is 0 Å². The van der Waals surface area contributed by atoms with Gasteiger partial charge in [-0.25, -0.2) is 0 Å². The summed E-state index contributed by atoms with van der Waals surface area (Å²) in [4.78, 5) is 2.05. The second kappa shape index (κ2) is 6.21. The lowest BCUT2D eigenvalue weighted by Crippen LogP contribution is -2.10. The predicted molar refractivity (Wildman–Crippen MR) is 73.9 cm³/mol. The summed E-state index contributed by atoms with van der Waals surface area (Å²) in [5, 5.41) is 10.2. The molecule has 1 aromatic carbocycles. The summed E-state index contributed by atoms with van der Waals surface area (Å²) < 4.78 is 5.58. The Morgan fingerprint density at radius 3 is 2.94 bits per heavy atom. The average molecular weight is 249 g/mol. The van der Waals surface area contributed by atoms with Gasteiger partial charge in [0.1, 0.15) is 0 Å². The van der Waals surface area contributed by atoms with Crippen LogP contribution in [-0.2, 0) is 4.74 Å². The number of rotatable bonds is 5. The molecule has 1 N–H and O–H groups in total. The number of hydrogen-bond acceptors (Lipinski definition) is 3. The van der Waals surface area contributed by atoms with Gasteiger partial charge in [0.2, 0.25) is 0 Å². The second-order valence-corrected chi connectivity index (χ2v) is 5.22. The van der Waals surface area contributed by atoms with Crippen molar-refractivity contribution in [1.82, 2.24) is 0 Å². The molecule has 2 rings (SSSR count). The molecule has 100 valence electrons. The molecular formula is C15H23NO2. The van der Waals surface area contributed by atoms with E-state index in [1.807, 2.05) is 26.2 Å². The normalized spacial score (nSPS) is 20.9. The van der Waals surface area contributed by atoms with Gasteiger partial charge in [-0.15, -0.1) is 0 Å². The van der Waals surface area contributed by atoms with Crippen LogP contribution in [0.5, 0.6) is 0 Å². The highest BCUT2D eigenvalue weighted by molar-refractivity contribution is 5.47. The maximum Gasteiger partial charge on any atom is 0.0791 e. The zero-order valence-corrected chi connectivity index (χ0v) is 11.3. The lowest BCUT2D eigenvalue weighted by atomic mass is 10.0. The third kappa shape index (κ3) is 3.47. The highest BCUT2D eigenvalue weighted by Crippen LogP contribution is 2.25. The van der Waals surface area contributed by atoms with Gasteiger partial charge in [-0.3, -0.25) is 0 Å². The van der Waals surface area contributed by atoms with Crippen LogP contribution in [0, 0.1) is 0 Å². The van der Waals surface area contributed by atoms with Crippen molar-refractivity contribution in [2.45, 2.75) is 37.9 Å². The Bertz CT molecular complexity index is 373. The van der Waals surface area contributed by atoms with Crippen LogP contribution < -0.4 is 4.90 Å². The second-order valence-electron chi connectivity index (χ2n) is 5.22. The molecule has 18 heavy (non-hydrogen) atoms. The number of aliphatic hydroxyl groups is 1. The Labute approximate surface area is 109 Å².